The van der Waals surface area contributed by atoms with Crippen molar-refractivity contribution in [3.63, 3.8) is 0 Å². The van der Waals surface area contributed by atoms with Crippen LogP contribution in [0.3, 0.4) is 0 Å². The van der Waals surface area contributed by atoms with Crippen LogP contribution in [0.4, 0.5) is 13.2 Å². The number of rotatable bonds is 0. The molecule has 0 unspecified atom stereocenters. The topological polar surface area (TPSA) is 25.8 Å². The van der Waals surface area contributed by atoms with Crippen LogP contribution < -0.4 is 5.46 Å². The fourth-order valence-electron chi connectivity index (χ4n) is 0.577. The quantitative estimate of drug-likeness (QED) is 0.507. The second-order valence-electron chi connectivity index (χ2n) is 1.82. The van der Waals surface area contributed by atoms with Crippen molar-refractivity contribution in [3.05, 3.63) is 18.2 Å². The average molecular weight is 158 g/mol. The molecule has 0 atom stereocenters. The lowest BCUT2D eigenvalue weighted by Crippen LogP contribution is -2.22. The van der Waals surface area contributed by atoms with Crippen LogP contribution in [0.15, 0.2) is 12.5 Å². The maximum atomic E-state index is 11.9. The van der Waals surface area contributed by atoms with Crippen LogP contribution in [0.5, 0.6) is 0 Å². The first kappa shape index (κ1) is 8.04. The molecule has 0 aromatic carbocycles. The molecule has 1 aromatic heterocycles. The smallest absolute Gasteiger partial charge is 0.245 e. The highest BCUT2D eigenvalue weighted by Crippen LogP contribution is 2.24. The van der Waals surface area contributed by atoms with Crippen molar-refractivity contribution in [1.82, 2.24) is 9.97 Å². The summed E-state index contributed by atoms with van der Waals surface area (Å²) in [6.45, 7) is 0. The number of halogens is 3. The summed E-state index contributed by atoms with van der Waals surface area (Å²) in [5.41, 5.74) is -1.55. The fraction of sp³-hybridized carbons (Fsp3) is 0.200. The second-order valence-corrected chi connectivity index (χ2v) is 1.82. The summed E-state index contributed by atoms with van der Waals surface area (Å²) >= 11 is 0. The maximum Gasteiger partial charge on any atom is 0.432 e. The highest BCUT2D eigenvalue weighted by molar-refractivity contribution is 6.32. The molecule has 2 radical (unpaired) electrons. The molecule has 0 spiro atoms. The monoisotopic (exact) mass is 158 g/mol. The highest BCUT2D eigenvalue weighted by atomic mass is 19.4. The molecule has 6 heteroatoms. The standard InChI is InChI=1S/C5H2BF3N2/c6-3-1-10-2-11-4(3)5(7,8)9/h1-2H. The molecular weight excluding hydrogens is 156 g/mol. The van der Waals surface area contributed by atoms with E-state index >= 15 is 0 Å². The molecule has 1 heterocycles. The molecule has 0 N–H and O–H groups in total. The Morgan fingerprint density at radius 1 is 1.36 bits per heavy atom. The van der Waals surface area contributed by atoms with Gasteiger partial charge in [-0.3, -0.25) is 0 Å². The van der Waals surface area contributed by atoms with Gasteiger partial charge in [-0.1, -0.05) is 0 Å². The van der Waals surface area contributed by atoms with Gasteiger partial charge in [-0.25, -0.2) is 9.97 Å². The third-order valence-corrected chi connectivity index (χ3v) is 1.01. The van der Waals surface area contributed by atoms with Gasteiger partial charge < -0.3 is 0 Å². The van der Waals surface area contributed by atoms with Crippen molar-refractivity contribution < 1.29 is 13.2 Å². The van der Waals surface area contributed by atoms with Crippen molar-refractivity contribution in [2.45, 2.75) is 6.18 Å². The fourth-order valence-corrected chi connectivity index (χ4v) is 0.577. The molecule has 0 bridgehead atoms. The Hall–Kier alpha value is -1.07. The zero-order chi connectivity index (χ0) is 8.48. The molecule has 2 nitrogen and oxygen atoms in total. The number of aromatic nitrogens is 2. The molecule has 0 saturated carbocycles. The molecule has 11 heavy (non-hydrogen) atoms. The van der Waals surface area contributed by atoms with E-state index in [0.29, 0.717) is 0 Å². The zero-order valence-electron chi connectivity index (χ0n) is 5.26. The van der Waals surface area contributed by atoms with Crippen LogP contribution in [0.25, 0.3) is 0 Å². The Morgan fingerprint density at radius 2 is 2.00 bits per heavy atom. The Balaban J connectivity index is 3.14. The van der Waals surface area contributed by atoms with Crippen LogP contribution in [0, 0.1) is 0 Å². The van der Waals surface area contributed by atoms with Crippen LogP contribution in [0.1, 0.15) is 5.69 Å². The van der Waals surface area contributed by atoms with Gasteiger partial charge in [0.1, 0.15) is 19.9 Å². The largest absolute Gasteiger partial charge is 0.432 e. The zero-order valence-corrected chi connectivity index (χ0v) is 5.26. The molecule has 0 fully saturated rings. The van der Waals surface area contributed by atoms with Gasteiger partial charge in [-0.2, -0.15) is 13.2 Å². The molecule has 0 amide bonds. The summed E-state index contributed by atoms with van der Waals surface area (Å²) in [5.74, 6) is 0. The van der Waals surface area contributed by atoms with E-state index in [1.54, 1.807) is 0 Å². The molecule has 0 aliphatic carbocycles. The molecule has 1 aromatic rings. The summed E-state index contributed by atoms with van der Waals surface area (Å²) in [5, 5.41) is 0. The second kappa shape index (κ2) is 2.52. The maximum absolute atomic E-state index is 11.9. The van der Waals surface area contributed by atoms with Crippen LogP contribution in [-0.2, 0) is 6.18 Å². The third-order valence-electron chi connectivity index (χ3n) is 1.01. The minimum Gasteiger partial charge on any atom is -0.245 e. The van der Waals surface area contributed by atoms with Gasteiger partial charge in [0, 0.05) is 6.20 Å². The first-order valence-electron chi connectivity index (χ1n) is 2.64. The van der Waals surface area contributed by atoms with Gasteiger partial charge in [-0.15, -0.1) is 0 Å². The molecule has 0 aliphatic rings. The minimum absolute atomic E-state index is 0.458. The molecule has 0 saturated heterocycles. The predicted octanol–water partition coefficient (Wildman–Crippen LogP) is 0.289. The Labute approximate surface area is 61.9 Å². The summed E-state index contributed by atoms with van der Waals surface area (Å²) in [4.78, 5) is 6.31. The van der Waals surface area contributed by atoms with Crippen LogP contribution >= 0.6 is 0 Å². The van der Waals surface area contributed by atoms with E-state index in [4.69, 9.17) is 7.85 Å². The lowest BCUT2D eigenvalue weighted by Gasteiger charge is -2.06. The Morgan fingerprint density at radius 3 is 2.36 bits per heavy atom. The predicted molar refractivity (Wildman–Crippen MR) is 32.4 cm³/mol. The van der Waals surface area contributed by atoms with Crippen molar-refractivity contribution >= 4 is 13.3 Å². The average Bonchev–Trinajstić information content (AvgIpc) is 1.86. The first-order valence-corrected chi connectivity index (χ1v) is 2.64. The van der Waals surface area contributed by atoms with Crippen molar-refractivity contribution in [3.8, 4) is 0 Å². The summed E-state index contributed by atoms with van der Waals surface area (Å²) < 4.78 is 35.6. The van der Waals surface area contributed by atoms with E-state index in [2.05, 4.69) is 9.97 Å². The van der Waals surface area contributed by atoms with Crippen molar-refractivity contribution in [2.24, 2.45) is 0 Å². The van der Waals surface area contributed by atoms with E-state index in [1.165, 1.54) is 0 Å². The normalized spacial score (nSPS) is 11.5. The van der Waals surface area contributed by atoms with Gasteiger partial charge in [0.2, 0.25) is 0 Å². The number of nitrogens with zero attached hydrogens (tertiary/aromatic N) is 2. The lowest BCUT2D eigenvalue weighted by atomic mass is 9.96. The van der Waals surface area contributed by atoms with Gasteiger partial charge in [-0.05, 0) is 5.46 Å². The SMILES string of the molecule is [B]c1cncnc1C(F)(F)F. The Bertz CT molecular complexity index is 260. The summed E-state index contributed by atoms with van der Waals surface area (Å²) in [6, 6.07) is 0. The van der Waals surface area contributed by atoms with Crippen molar-refractivity contribution in [2.75, 3.05) is 0 Å². The van der Waals surface area contributed by atoms with E-state index in [1.807, 2.05) is 0 Å². The molecule has 56 valence electrons. The van der Waals surface area contributed by atoms with Gasteiger partial charge >= 0.3 is 6.18 Å². The number of hydrogen-bond donors (Lipinski definition) is 0. The van der Waals surface area contributed by atoms with Gasteiger partial charge in [0.15, 0.2) is 0 Å². The highest BCUT2D eigenvalue weighted by Gasteiger charge is 2.33. The van der Waals surface area contributed by atoms with Crippen LogP contribution in [0.2, 0.25) is 0 Å². The minimum atomic E-state index is -4.49. The van der Waals surface area contributed by atoms with E-state index in [9.17, 15) is 13.2 Å². The lowest BCUT2D eigenvalue weighted by molar-refractivity contribution is -0.140. The van der Waals surface area contributed by atoms with Gasteiger partial charge in [0.25, 0.3) is 0 Å². The number of hydrogen-bond acceptors (Lipinski definition) is 2. The summed E-state index contributed by atoms with van der Waals surface area (Å²) in [7, 11) is 4.96. The van der Waals surface area contributed by atoms with Crippen molar-refractivity contribution in [1.29, 1.82) is 0 Å². The van der Waals surface area contributed by atoms with E-state index in [-0.39, 0.29) is 0 Å². The molecular formula is C5H2BF3N2. The Kier molecular flexibility index (Phi) is 1.84. The van der Waals surface area contributed by atoms with E-state index < -0.39 is 17.3 Å². The van der Waals surface area contributed by atoms with E-state index in [0.717, 1.165) is 12.5 Å². The van der Waals surface area contributed by atoms with Crippen LogP contribution in [-0.4, -0.2) is 17.8 Å². The van der Waals surface area contributed by atoms with Gasteiger partial charge in [0.05, 0.1) is 0 Å². The molecule has 0 aliphatic heterocycles. The number of alkyl halides is 3. The first-order chi connectivity index (χ1) is 5.02. The molecule has 1 rings (SSSR count). The third kappa shape index (κ3) is 1.69. The summed E-state index contributed by atoms with van der Waals surface area (Å²) in [6.07, 6.45) is -2.78.